The number of nitrogens with one attached hydrogen (secondary N) is 2. The van der Waals surface area contributed by atoms with Crippen LogP contribution in [-0.4, -0.2) is 30.4 Å². The number of hydrogen-bond donors (Lipinski definition) is 2. The highest BCUT2D eigenvalue weighted by molar-refractivity contribution is 6.06. The molecule has 0 bridgehead atoms. The van der Waals surface area contributed by atoms with Crippen molar-refractivity contribution in [3.05, 3.63) is 75.5 Å². The van der Waals surface area contributed by atoms with E-state index in [0.717, 1.165) is 0 Å². The molecular weight excluding hydrogens is 350 g/mol. The molecule has 2 rings (SSSR count). The van der Waals surface area contributed by atoms with Crippen LogP contribution in [0.5, 0.6) is 5.75 Å². The molecular formula is C19H19N3O5. The first-order valence-electron chi connectivity index (χ1n) is 8.15. The number of nitrogens with zero attached hydrogens (tertiary/aromatic N) is 1. The second kappa shape index (κ2) is 9.14. The van der Waals surface area contributed by atoms with Gasteiger partial charge in [-0.15, -0.1) is 0 Å². The molecule has 0 unspecified atom stereocenters. The topological polar surface area (TPSA) is 111 Å². The van der Waals surface area contributed by atoms with Gasteiger partial charge in [-0.3, -0.25) is 19.7 Å². The van der Waals surface area contributed by atoms with Crippen molar-refractivity contribution in [2.24, 2.45) is 0 Å². The van der Waals surface area contributed by atoms with E-state index in [0.29, 0.717) is 17.9 Å². The van der Waals surface area contributed by atoms with Crippen LogP contribution in [0, 0.1) is 10.1 Å². The van der Waals surface area contributed by atoms with Gasteiger partial charge in [0.15, 0.2) is 0 Å². The maximum Gasteiger partial charge on any atom is 0.270 e. The lowest BCUT2D eigenvalue weighted by Gasteiger charge is -2.12. The third-order valence-electron chi connectivity index (χ3n) is 3.57. The molecule has 0 aliphatic carbocycles. The Kier molecular flexibility index (Phi) is 6.65. The molecule has 8 heteroatoms. The van der Waals surface area contributed by atoms with Crippen molar-refractivity contribution in [1.82, 2.24) is 10.6 Å². The van der Waals surface area contributed by atoms with Crippen molar-refractivity contribution >= 4 is 23.6 Å². The Bertz CT molecular complexity index is 892. The first-order valence-corrected chi connectivity index (χ1v) is 8.15. The van der Waals surface area contributed by atoms with E-state index >= 15 is 0 Å². The monoisotopic (exact) mass is 369 g/mol. The number of rotatable bonds is 7. The van der Waals surface area contributed by atoms with Crippen LogP contribution in [0.2, 0.25) is 0 Å². The summed E-state index contributed by atoms with van der Waals surface area (Å²) < 4.78 is 5.16. The zero-order valence-corrected chi connectivity index (χ0v) is 14.9. The molecule has 2 amide bonds. The van der Waals surface area contributed by atoms with E-state index in [9.17, 15) is 19.7 Å². The second-order valence-corrected chi connectivity index (χ2v) is 5.42. The van der Waals surface area contributed by atoms with Gasteiger partial charge in [-0.2, -0.15) is 0 Å². The fraction of sp³-hybridized carbons (Fsp3) is 0.158. The van der Waals surface area contributed by atoms with Crippen molar-refractivity contribution in [3.8, 4) is 5.75 Å². The van der Waals surface area contributed by atoms with Gasteiger partial charge in [0.05, 0.1) is 17.6 Å². The van der Waals surface area contributed by atoms with Crippen molar-refractivity contribution in [3.63, 3.8) is 0 Å². The van der Waals surface area contributed by atoms with E-state index in [1.54, 1.807) is 37.3 Å². The number of ether oxygens (including phenoxy) is 1. The summed E-state index contributed by atoms with van der Waals surface area (Å²) >= 11 is 0. The summed E-state index contributed by atoms with van der Waals surface area (Å²) in [5.74, 6) is -0.678. The van der Waals surface area contributed by atoms with Gasteiger partial charge < -0.3 is 15.4 Å². The maximum absolute atomic E-state index is 12.6. The molecule has 2 aromatic carbocycles. The number of benzene rings is 2. The summed E-state index contributed by atoms with van der Waals surface area (Å²) in [7, 11) is 1.44. The summed E-state index contributed by atoms with van der Waals surface area (Å²) in [6, 6.07) is 12.3. The minimum atomic E-state index is -0.532. The highest BCUT2D eigenvalue weighted by atomic mass is 16.6. The molecule has 27 heavy (non-hydrogen) atoms. The Balaban J connectivity index is 2.37. The molecule has 140 valence electrons. The molecule has 0 heterocycles. The highest BCUT2D eigenvalue weighted by Crippen LogP contribution is 2.18. The number of carbonyl (C=O) groups is 2. The predicted octanol–water partition coefficient (Wildman–Crippen LogP) is 2.51. The van der Waals surface area contributed by atoms with Gasteiger partial charge >= 0.3 is 0 Å². The molecule has 2 N–H and O–H groups in total. The number of nitro groups is 1. The zero-order chi connectivity index (χ0) is 19.8. The zero-order valence-electron chi connectivity index (χ0n) is 14.9. The average Bonchev–Trinajstić information content (AvgIpc) is 2.67. The van der Waals surface area contributed by atoms with Gasteiger partial charge in [0.25, 0.3) is 17.5 Å². The van der Waals surface area contributed by atoms with Gasteiger partial charge in [0, 0.05) is 18.7 Å². The first kappa shape index (κ1) is 19.6. The van der Waals surface area contributed by atoms with Gasteiger partial charge in [-0.1, -0.05) is 24.3 Å². The Hall–Kier alpha value is -3.68. The lowest BCUT2D eigenvalue weighted by molar-refractivity contribution is -0.384. The molecule has 0 atom stereocenters. The number of amides is 2. The smallest absolute Gasteiger partial charge is 0.270 e. The fourth-order valence-electron chi connectivity index (χ4n) is 2.33. The lowest BCUT2D eigenvalue weighted by Crippen LogP contribution is -2.34. The van der Waals surface area contributed by atoms with E-state index in [1.807, 2.05) is 0 Å². The number of nitro benzene ring substituents is 1. The van der Waals surface area contributed by atoms with Crippen molar-refractivity contribution in [1.29, 1.82) is 0 Å². The van der Waals surface area contributed by atoms with E-state index in [4.69, 9.17) is 4.74 Å². The predicted molar refractivity (Wildman–Crippen MR) is 100 cm³/mol. The van der Waals surface area contributed by atoms with Crippen molar-refractivity contribution < 1.29 is 19.2 Å². The fourth-order valence-corrected chi connectivity index (χ4v) is 2.33. The highest BCUT2D eigenvalue weighted by Gasteiger charge is 2.17. The van der Waals surface area contributed by atoms with E-state index in [-0.39, 0.29) is 16.9 Å². The molecule has 2 aromatic rings. The lowest BCUT2D eigenvalue weighted by atomic mass is 10.1. The Labute approximate surface area is 156 Å². The van der Waals surface area contributed by atoms with Crippen molar-refractivity contribution in [2.75, 3.05) is 13.7 Å². The maximum atomic E-state index is 12.6. The van der Waals surface area contributed by atoms with Gasteiger partial charge in [0.1, 0.15) is 11.4 Å². The Morgan fingerprint density at radius 1 is 1.19 bits per heavy atom. The molecule has 0 spiro atoms. The number of carbonyl (C=O) groups excluding carboxylic acids is 2. The molecule has 0 saturated heterocycles. The summed E-state index contributed by atoms with van der Waals surface area (Å²) in [5.41, 5.74) is 0.517. The minimum absolute atomic E-state index is 0.0340. The third kappa shape index (κ3) is 5.15. The largest absolute Gasteiger partial charge is 0.496 e. The average molecular weight is 369 g/mol. The molecule has 0 saturated carbocycles. The normalized spacial score (nSPS) is 10.8. The first-order chi connectivity index (χ1) is 13.0. The minimum Gasteiger partial charge on any atom is -0.496 e. The van der Waals surface area contributed by atoms with Gasteiger partial charge in [-0.05, 0) is 30.7 Å². The number of para-hydroxylation sites is 1. The summed E-state index contributed by atoms with van der Waals surface area (Å²) in [6.45, 7) is 2.10. The molecule has 8 nitrogen and oxygen atoms in total. The number of methoxy groups -OCH3 is 1. The standard InChI is InChI=1S/C19H19N3O5/c1-3-20-19(24)16(12-13-7-6-8-14(11-13)22(25)26)21-18(23)15-9-4-5-10-17(15)27-2/h4-12H,3H2,1-2H3,(H,20,24)(H,21,23)/b16-12+. The van der Waals surface area contributed by atoms with Crippen LogP contribution in [0.15, 0.2) is 54.2 Å². The van der Waals surface area contributed by atoms with Crippen LogP contribution in [-0.2, 0) is 4.79 Å². The van der Waals surface area contributed by atoms with E-state index in [2.05, 4.69) is 10.6 Å². The Morgan fingerprint density at radius 2 is 1.93 bits per heavy atom. The van der Waals surface area contributed by atoms with Gasteiger partial charge in [0.2, 0.25) is 0 Å². The third-order valence-corrected chi connectivity index (χ3v) is 3.57. The van der Waals surface area contributed by atoms with Crippen LogP contribution in [0.4, 0.5) is 5.69 Å². The summed E-state index contributed by atoms with van der Waals surface area (Å²) in [5, 5.41) is 16.1. The van der Waals surface area contributed by atoms with Gasteiger partial charge in [-0.25, -0.2) is 0 Å². The van der Waals surface area contributed by atoms with Crippen LogP contribution in [0.3, 0.4) is 0 Å². The number of non-ortho nitro benzene ring substituents is 1. The van der Waals surface area contributed by atoms with Crippen molar-refractivity contribution in [2.45, 2.75) is 6.92 Å². The number of likely N-dealkylation sites (N-methyl/N-ethyl adjacent to an activating group) is 1. The van der Waals surface area contributed by atoms with E-state index in [1.165, 1.54) is 31.4 Å². The van der Waals surface area contributed by atoms with E-state index < -0.39 is 16.7 Å². The van der Waals surface area contributed by atoms with Crippen LogP contribution >= 0.6 is 0 Å². The summed E-state index contributed by atoms with van der Waals surface area (Å²) in [4.78, 5) is 35.3. The Morgan fingerprint density at radius 3 is 2.59 bits per heavy atom. The molecule has 0 aliphatic heterocycles. The summed E-state index contributed by atoms with van der Waals surface area (Å²) in [6.07, 6.45) is 1.38. The SMILES string of the molecule is CCNC(=O)/C(=C\c1cccc([N+](=O)[O-])c1)NC(=O)c1ccccc1OC. The van der Waals surface area contributed by atoms with Crippen LogP contribution in [0.1, 0.15) is 22.8 Å². The molecule has 0 fully saturated rings. The molecule has 0 aliphatic rings. The quantitative estimate of drug-likeness (QED) is 0.443. The molecule has 0 aromatic heterocycles. The van der Waals surface area contributed by atoms with Crippen LogP contribution in [0.25, 0.3) is 6.08 Å². The second-order valence-electron chi connectivity index (χ2n) is 5.42. The van der Waals surface area contributed by atoms with Crippen LogP contribution < -0.4 is 15.4 Å². The molecule has 0 radical (unpaired) electrons. The number of hydrogen-bond acceptors (Lipinski definition) is 5.